The topological polar surface area (TPSA) is 18.5 Å². The minimum absolute atomic E-state index is 0.0777. The Morgan fingerprint density at radius 1 is 0.542 bits per heavy atom. The van der Waals surface area contributed by atoms with Crippen molar-refractivity contribution in [3.63, 3.8) is 0 Å². The van der Waals surface area contributed by atoms with Crippen molar-refractivity contribution < 1.29 is 9.47 Å². The van der Waals surface area contributed by atoms with Gasteiger partial charge in [0.15, 0.2) is 0 Å². The molecule has 24 heavy (non-hydrogen) atoms. The van der Waals surface area contributed by atoms with Crippen LogP contribution in [0.2, 0.25) is 0 Å². The molecule has 122 valence electrons. The minimum atomic E-state index is 0.0777. The SMILES string of the molecule is C1=CC2C=CC1C(OCc1ccccc1)C2OCc1ccccc1. The number of benzene rings is 2. The molecule has 2 bridgehead atoms. The van der Waals surface area contributed by atoms with Gasteiger partial charge in [0.1, 0.15) is 0 Å². The Labute approximate surface area is 143 Å². The van der Waals surface area contributed by atoms with Gasteiger partial charge in [0.05, 0.1) is 25.4 Å². The quantitative estimate of drug-likeness (QED) is 0.729. The fourth-order valence-electron chi connectivity index (χ4n) is 3.46. The number of ether oxygens (including phenoxy) is 2. The summed E-state index contributed by atoms with van der Waals surface area (Å²) in [5.41, 5.74) is 2.41. The van der Waals surface area contributed by atoms with Gasteiger partial charge in [0.25, 0.3) is 0 Å². The zero-order valence-electron chi connectivity index (χ0n) is 13.6. The Bertz CT molecular complexity index is 630. The first kappa shape index (κ1) is 15.4. The molecule has 0 N–H and O–H groups in total. The van der Waals surface area contributed by atoms with Gasteiger partial charge < -0.3 is 9.47 Å². The van der Waals surface area contributed by atoms with Gasteiger partial charge in [0.2, 0.25) is 0 Å². The van der Waals surface area contributed by atoms with E-state index in [0.29, 0.717) is 25.0 Å². The molecule has 2 unspecified atom stereocenters. The summed E-state index contributed by atoms with van der Waals surface area (Å²) in [6.07, 6.45) is 9.17. The van der Waals surface area contributed by atoms with Gasteiger partial charge >= 0.3 is 0 Å². The minimum Gasteiger partial charge on any atom is -0.370 e. The molecule has 0 saturated carbocycles. The van der Waals surface area contributed by atoms with Gasteiger partial charge in [-0.25, -0.2) is 0 Å². The molecule has 2 aromatic carbocycles. The summed E-state index contributed by atoms with van der Waals surface area (Å²) in [6, 6.07) is 20.7. The lowest BCUT2D eigenvalue weighted by Crippen LogP contribution is -2.45. The van der Waals surface area contributed by atoms with Crippen molar-refractivity contribution in [2.45, 2.75) is 25.4 Å². The molecule has 3 aliphatic carbocycles. The van der Waals surface area contributed by atoms with Gasteiger partial charge in [0, 0.05) is 11.8 Å². The highest BCUT2D eigenvalue weighted by molar-refractivity contribution is 5.24. The Morgan fingerprint density at radius 2 is 0.917 bits per heavy atom. The number of hydrogen-bond donors (Lipinski definition) is 0. The van der Waals surface area contributed by atoms with Crippen LogP contribution in [0.4, 0.5) is 0 Å². The van der Waals surface area contributed by atoms with Gasteiger partial charge in [-0.05, 0) is 11.1 Å². The van der Waals surface area contributed by atoms with Crippen LogP contribution in [-0.2, 0) is 22.7 Å². The van der Waals surface area contributed by atoms with Crippen molar-refractivity contribution in [3.05, 3.63) is 96.1 Å². The van der Waals surface area contributed by atoms with Gasteiger partial charge in [-0.1, -0.05) is 85.0 Å². The Hall–Kier alpha value is -2.16. The van der Waals surface area contributed by atoms with E-state index in [0.717, 1.165) is 0 Å². The van der Waals surface area contributed by atoms with E-state index >= 15 is 0 Å². The highest BCUT2D eigenvalue weighted by atomic mass is 16.5. The normalized spacial score (nSPS) is 27.5. The lowest BCUT2D eigenvalue weighted by Gasteiger charge is -2.40. The van der Waals surface area contributed by atoms with Crippen LogP contribution in [0.15, 0.2) is 85.0 Å². The first-order chi connectivity index (χ1) is 11.9. The standard InChI is InChI=1S/C22H22O2/c1-3-7-17(8-4-1)15-23-21-19-11-13-20(14-12-19)22(21)24-16-18-9-5-2-6-10-18/h1-14,19-22H,15-16H2. The molecule has 5 rings (SSSR count). The molecular formula is C22H22O2. The smallest absolute Gasteiger partial charge is 0.0947 e. The van der Waals surface area contributed by atoms with Crippen LogP contribution in [-0.4, -0.2) is 12.2 Å². The van der Waals surface area contributed by atoms with Crippen molar-refractivity contribution in [1.82, 2.24) is 0 Å². The van der Waals surface area contributed by atoms with Gasteiger partial charge in [-0.15, -0.1) is 0 Å². The number of rotatable bonds is 6. The first-order valence-electron chi connectivity index (χ1n) is 8.58. The summed E-state index contributed by atoms with van der Waals surface area (Å²) in [6.45, 7) is 1.25. The van der Waals surface area contributed by atoms with Crippen molar-refractivity contribution in [2.75, 3.05) is 0 Å². The van der Waals surface area contributed by atoms with Crippen LogP contribution < -0.4 is 0 Å². The molecule has 2 aromatic rings. The highest BCUT2D eigenvalue weighted by Crippen LogP contribution is 2.36. The van der Waals surface area contributed by atoms with Gasteiger partial charge in [-0.3, -0.25) is 0 Å². The number of hydrogen-bond acceptors (Lipinski definition) is 2. The molecule has 0 aromatic heterocycles. The largest absolute Gasteiger partial charge is 0.370 e. The van der Waals surface area contributed by atoms with E-state index in [4.69, 9.17) is 9.47 Å². The molecular weight excluding hydrogens is 296 g/mol. The average molecular weight is 318 g/mol. The van der Waals surface area contributed by atoms with E-state index in [-0.39, 0.29) is 12.2 Å². The van der Waals surface area contributed by atoms with E-state index in [1.54, 1.807) is 0 Å². The predicted octanol–water partition coefficient (Wildman–Crippen LogP) is 4.53. The highest BCUT2D eigenvalue weighted by Gasteiger charge is 2.39. The van der Waals surface area contributed by atoms with Gasteiger partial charge in [-0.2, -0.15) is 0 Å². The maximum absolute atomic E-state index is 6.28. The second-order valence-corrected chi connectivity index (χ2v) is 6.45. The third-order valence-corrected chi connectivity index (χ3v) is 4.76. The molecule has 0 spiro atoms. The van der Waals surface area contributed by atoms with E-state index < -0.39 is 0 Å². The van der Waals surface area contributed by atoms with Crippen LogP contribution in [0.3, 0.4) is 0 Å². The maximum atomic E-state index is 6.28. The fourth-order valence-corrected chi connectivity index (χ4v) is 3.46. The molecule has 0 fully saturated rings. The zero-order valence-corrected chi connectivity index (χ0v) is 13.6. The van der Waals surface area contributed by atoms with E-state index in [2.05, 4.69) is 72.8 Å². The van der Waals surface area contributed by atoms with Crippen molar-refractivity contribution in [1.29, 1.82) is 0 Å². The third kappa shape index (κ3) is 3.35. The van der Waals surface area contributed by atoms with Crippen LogP contribution in [0.5, 0.6) is 0 Å². The van der Waals surface area contributed by atoms with Crippen LogP contribution in [0.1, 0.15) is 11.1 Å². The molecule has 2 heteroatoms. The summed E-state index contributed by atoms with van der Waals surface area (Å²) in [5, 5.41) is 0. The van der Waals surface area contributed by atoms with E-state index in [9.17, 15) is 0 Å². The lowest BCUT2D eigenvalue weighted by atomic mass is 9.77. The number of fused-ring (bicyclic) bond motifs is 1. The third-order valence-electron chi connectivity index (χ3n) is 4.76. The average Bonchev–Trinajstić information content (AvgIpc) is 2.67. The summed E-state index contributed by atoms with van der Waals surface area (Å²) >= 11 is 0. The van der Waals surface area contributed by atoms with E-state index in [1.807, 2.05) is 12.1 Å². The van der Waals surface area contributed by atoms with E-state index in [1.165, 1.54) is 11.1 Å². The van der Waals surface area contributed by atoms with Crippen molar-refractivity contribution in [3.8, 4) is 0 Å². The summed E-state index contributed by atoms with van der Waals surface area (Å²) in [5.74, 6) is 0.610. The Kier molecular flexibility index (Phi) is 4.59. The van der Waals surface area contributed by atoms with Crippen LogP contribution in [0.25, 0.3) is 0 Å². The lowest BCUT2D eigenvalue weighted by molar-refractivity contribution is -0.114. The molecule has 3 aliphatic rings. The summed E-state index contributed by atoms with van der Waals surface area (Å²) < 4.78 is 12.6. The van der Waals surface area contributed by atoms with Crippen LogP contribution >= 0.6 is 0 Å². The molecule has 0 aliphatic heterocycles. The predicted molar refractivity (Wildman–Crippen MR) is 95.3 cm³/mol. The Balaban J connectivity index is 1.44. The first-order valence-corrected chi connectivity index (χ1v) is 8.58. The van der Waals surface area contributed by atoms with Crippen molar-refractivity contribution >= 4 is 0 Å². The molecule has 0 heterocycles. The monoisotopic (exact) mass is 318 g/mol. The molecule has 0 amide bonds. The zero-order chi connectivity index (χ0) is 16.2. The second-order valence-electron chi connectivity index (χ2n) is 6.45. The van der Waals surface area contributed by atoms with Crippen LogP contribution in [0, 0.1) is 11.8 Å². The Morgan fingerprint density at radius 3 is 1.29 bits per heavy atom. The second kappa shape index (κ2) is 7.16. The van der Waals surface area contributed by atoms with Crippen molar-refractivity contribution in [2.24, 2.45) is 11.8 Å². The molecule has 0 saturated heterocycles. The molecule has 0 radical (unpaired) electrons. The summed E-state index contributed by atoms with van der Waals surface area (Å²) in [4.78, 5) is 0. The molecule has 2 nitrogen and oxygen atoms in total. The molecule has 2 atom stereocenters. The fraction of sp³-hybridized carbons (Fsp3) is 0.273. The summed E-state index contributed by atoms with van der Waals surface area (Å²) in [7, 11) is 0. The maximum Gasteiger partial charge on any atom is 0.0947 e.